The third-order valence-corrected chi connectivity index (χ3v) is 5.30. The molecule has 0 saturated carbocycles. The van der Waals surface area contributed by atoms with Crippen LogP contribution in [0.3, 0.4) is 0 Å². The van der Waals surface area contributed by atoms with Gasteiger partial charge < -0.3 is 4.74 Å². The van der Waals surface area contributed by atoms with E-state index in [1.54, 1.807) is 24.3 Å². The lowest BCUT2D eigenvalue weighted by molar-refractivity contribution is -0.203. The predicted octanol–water partition coefficient (Wildman–Crippen LogP) is 6.82. The number of alkyl halides is 2. The maximum atomic E-state index is 14.7. The molecule has 2 aromatic carbocycles. The van der Waals surface area contributed by atoms with Crippen molar-refractivity contribution in [2.45, 2.75) is 70.8 Å². The highest BCUT2D eigenvalue weighted by Gasteiger charge is 2.48. The van der Waals surface area contributed by atoms with E-state index >= 15 is 0 Å². The van der Waals surface area contributed by atoms with Crippen molar-refractivity contribution in [3.05, 3.63) is 64.5 Å². The number of halogens is 3. The average Bonchev–Trinajstić information content (AvgIpc) is 2.65. The molecule has 3 rings (SSSR count). The molecular weight excluding hydrogens is 349 g/mol. The fourth-order valence-electron chi connectivity index (χ4n) is 3.72. The highest BCUT2D eigenvalue weighted by Crippen LogP contribution is 2.46. The monoisotopic (exact) mass is 376 g/mol. The minimum Gasteiger partial charge on any atom is -0.429 e. The van der Waals surface area contributed by atoms with Gasteiger partial charge in [-0.25, -0.2) is 4.39 Å². The van der Waals surface area contributed by atoms with E-state index in [-0.39, 0.29) is 12.2 Å². The second kappa shape index (κ2) is 8.37. The van der Waals surface area contributed by atoms with E-state index in [4.69, 9.17) is 4.74 Å². The minimum absolute atomic E-state index is 0.0703. The average molecular weight is 376 g/mol. The smallest absolute Gasteiger partial charge is 0.405 e. The number of rotatable bonds is 7. The normalized spacial score (nSPS) is 18.0. The van der Waals surface area contributed by atoms with E-state index < -0.39 is 17.8 Å². The van der Waals surface area contributed by atoms with E-state index in [9.17, 15) is 13.2 Å². The van der Waals surface area contributed by atoms with E-state index in [0.29, 0.717) is 23.1 Å². The summed E-state index contributed by atoms with van der Waals surface area (Å²) in [7, 11) is 0. The van der Waals surface area contributed by atoms with Crippen LogP contribution in [0.4, 0.5) is 13.2 Å². The molecule has 2 aromatic rings. The summed E-state index contributed by atoms with van der Waals surface area (Å²) in [6, 6.07) is 10.8. The van der Waals surface area contributed by atoms with Crippen molar-refractivity contribution < 1.29 is 17.9 Å². The Balaban J connectivity index is 1.82. The molecule has 27 heavy (non-hydrogen) atoms. The molecule has 0 fully saturated rings. The van der Waals surface area contributed by atoms with Crippen LogP contribution in [0.2, 0.25) is 0 Å². The molecule has 4 heteroatoms. The van der Waals surface area contributed by atoms with Crippen LogP contribution in [0.25, 0.3) is 0 Å². The maximum absolute atomic E-state index is 14.7. The SMILES string of the molecule is CCCCCc1ccc(C2Cc3ccc(CCC)c(F)c3OC2(F)F)cc1. The second-order valence-corrected chi connectivity index (χ2v) is 7.40. The van der Waals surface area contributed by atoms with Crippen LogP contribution >= 0.6 is 0 Å². The van der Waals surface area contributed by atoms with Crippen LogP contribution < -0.4 is 4.74 Å². The topological polar surface area (TPSA) is 9.23 Å². The van der Waals surface area contributed by atoms with Gasteiger partial charge in [0.05, 0.1) is 5.92 Å². The summed E-state index contributed by atoms with van der Waals surface area (Å²) in [5.74, 6) is -2.02. The predicted molar refractivity (Wildman–Crippen MR) is 102 cm³/mol. The number of hydrogen-bond acceptors (Lipinski definition) is 1. The maximum Gasteiger partial charge on any atom is 0.405 e. The van der Waals surface area contributed by atoms with Gasteiger partial charge in [0.1, 0.15) is 0 Å². The molecule has 0 aliphatic carbocycles. The Morgan fingerprint density at radius 1 is 0.963 bits per heavy atom. The van der Waals surface area contributed by atoms with Gasteiger partial charge in [0, 0.05) is 0 Å². The summed E-state index contributed by atoms with van der Waals surface area (Å²) < 4.78 is 48.8. The van der Waals surface area contributed by atoms with E-state index in [1.807, 2.05) is 19.1 Å². The summed E-state index contributed by atoms with van der Waals surface area (Å²) in [6.45, 7) is 4.08. The van der Waals surface area contributed by atoms with E-state index in [1.165, 1.54) is 6.42 Å². The first kappa shape index (κ1) is 19.8. The highest BCUT2D eigenvalue weighted by molar-refractivity contribution is 5.44. The largest absolute Gasteiger partial charge is 0.429 e. The van der Waals surface area contributed by atoms with Crippen molar-refractivity contribution >= 4 is 0 Å². The van der Waals surface area contributed by atoms with E-state index in [2.05, 4.69) is 6.92 Å². The molecule has 1 aliphatic heterocycles. The first-order valence-electron chi connectivity index (χ1n) is 9.92. The number of fused-ring (bicyclic) bond motifs is 1. The lowest BCUT2D eigenvalue weighted by Gasteiger charge is -2.33. The van der Waals surface area contributed by atoms with Crippen LogP contribution in [-0.2, 0) is 19.3 Å². The number of hydrogen-bond donors (Lipinski definition) is 0. The minimum atomic E-state index is -3.43. The number of benzene rings is 2. The standard InChI is InChI=1S/C23H27F3O/c1-3-5-6-8-16-9-11-17(12-10-16)20-15-19-14-13-18(7-4-2)21(24)22(19)27-23(20,25)26/h9-14,20H,3-8,15H2,1-2H3. The zero-order chi connectivity index (χ0) is 19.4. The van der Waals surface area contributed by atoms with Crippen LogP contribution in [0.1, 0.15) is 67.7 Å². The molecule has 1 unspecified atom stereocenters. The lowest BCUT2D eigenvalue weighted by Crippen LogP contribution is -2.38. The third-order valence-electron chi connectivity index (χ3n) is 5.30. The molecule has 0 bridgehead atoms. The van der Waals surface area contributed by atoms with Gasteiger partial charge in [-0.2, -0.15) is 8.78 Å². The van der Waals surface area contributed by atoms with Crippen LogP contribution in [0.5, 0.6) is 5.75 Å². The molecule has 0 amide bonds. The quantitative estimate of drug-likeness (QED) is 0.482. The van der Waals surface area contributed by atoms with Gasteiger partial charge in [-0.3, -0.25) is 0 Å². The van der Waals surface area contributed by atoms with Crippen molar-refractivity contribution in [2.24, 2.45) is 0 Å². The molecule has 1 atom stereocenters. The molecular formula is C23H27F3O. The zero-order valence-electron chi connectivity index (χ0n) is 16.0. The van der Waals surface area contributed by atoms with Gasteiger partial charge in [-0.1, -0.05) is 69.5 Å². The summed E-state index contributed by atoms with van der Waals surface area (Å²) in [6.07, 6.45) is 2.28. The van der Waals surface area contributed by atoms with Crippen molar-refractivity contribution in [1.82, 2.24) is 0 Å². The van der Waals surface area contributed by atoms with Gasteiger partial charge >= 0.3 is 6.11 Å². The Morgan fingerprint density at radius 3 is 2.37 bits per heavy atom. The summed E-state index contributed by atoms with van der Waals surface area (Å²) in [4.78, 5) is 0. The molecule has 0 aromatic heterocycles. The van der Waals surface area contributed by atoms with Crippen molar-refractivity contribution in [1.29, 1.82) is 0 Å². The summed E-state index contributed by atoms with van der Waals surface area (Å²) in [5.41, 5.74) is 2.63. The summed E-state index contributed by atoms with van der Waals surface area (Å²) in [5, 5.41) is 0. The fourth-order valence-corrected chi connectivity index (χ4v) is 3.72. The Bertz CT molecular complexity index is 768. The van der Waals surface area contributed by atoms with Crippen LogP contribution in [0, 0.1) is 5.82 Å². The zero-order valence-corrected chi connectivity index (χ0v) is 16.0. The number of aryl methyl sites for hydroxylation is 2. The fraction of sp³-hybridized carbons (Fsp3) is 0.478. The lowest BCUT2D eigenvalue weighted by atomic mass is 9.87. The van der Waals surface area contributed by atoms with Gasteiger partial charge in [0.15, 0.2) is 11.6 Å². The van der Waals surface area contributed by atoms with Crippen LogP contribution in [-0.4, -0.2) is 6.11 Å². The van der Waals surface area contributed by atoms with Gasteiger partial charge in [-0.15, -0.1) is 0 Å². The van der Waals surface area contributed by atoms with Crippen molar-refractivity contribution in [3.8, 4) is 5.75 Å². The molecule has 146 valence electrons. The third kappa shape index (κ3) is 4.31. The van der Waals surface area contributed by atoms with Crippen LogP contribution in [0.15, 0.2) is 36.4 Å². The number of unbranched alkanes of at least 4 members (excludes halogenated alkanes) is 2. The van der Waals surface area contributed by atoms with Crippen molar-refractivity contribution in [3.63, 3.8) is 0 Å². The highest BCUT2D eigenvalue weighted by atomic mass is 19.3. The van der Waals surface area contributed by atoms with Crippen molar-refractivity contribution in [2.75, 3.05) is 0 Å². The molecule has 1 nitrogen and oxygen atoms in total. The number of ether oxygens (including phenoxy) is 1. The van der Waals surface area contributed by atoms with Gasteiger partial charge in [0.25, 0.3) is 0 Å². The second-order valence-electron chi connectivity index (χ2n) is 7.40. The summed E-state index contributed by atoms with van der Waals surface area (Å²) >= 11 is 0. The van der Waals surface area contributed by atoms with Gasteiger partial charge in [0.2, 0.25) is 0 Å². The Morgan fingerprint density at radius 2 is 1.70 bits per heavy atom. The Hall–Kier alpha value is -1.97. The first-order valence-corrected chi connectivity index (χ1v) is 9.92. The Labute approximate surface area is 159 Å². The first-order chi connectivity index (χ1) is 13.0. The van der Waals surface area contributed by atoms with E-state index in [0.717, 1.165) is 31.2 Å². The Kier molecular flexibility index (Phi) is 6.13. The molecule has 0 radical (unpaired) electrons. The molecule has 1 aliphatic rings. The molecule has 1 heterocycles. The molecule has 0 spiro atoms. The molecule has 0 saturated heterocycles. The van der Waals surface area contributed by atoms with Gasteiger partial charge in [-0.05, 0) is 47.9 Å². The molecule has 0 N–H and O–H groups in total.